The highest BCUT2D eigenvalue weighted by molar-refractivity contribution is 5.96. The molecule has 0 saturated heterocycles. The summed E-state index contributed by atoms with van der Waals surface area (Å²) in [6.45, 7) is 1.34. The van der Waals surface area contributed by atoms with Gasteiger partial charge in [-0.1, -0.05) is 60.7 Å². The molecule has 4 rings (SSSR count). The number of nitrogens with one attached hydrogen (secondary N) is 2. The van der Waals surface area contributed by atoms with E-state index in [-0.39, 0.29) is 36.6 Å². The fraction of sp³-hybridized carbons (Fsp3) is 0.226. The molecule has 12 heteroatoms. The number of hydrogen-bond acceptors (Lipinski definition) is 6. The van der Waals surface area contributed by atoms with Crippen LogP contribution in [0.4, 0.5) is 18.0 Å². The Morgan fingerprint density at radius 1 is 0.907 bits per heavy atom. The lowest BCUT2D eigenvalue weighted by Gasteiger charge is -2.18. The summed E-state index contributed by atoms with van der Waals surface area (Å²) in [6, 6.07) is 19.5. The largest absolute Gasteiger partial charge is 0.459 e. The van der Waals surface area contributed by atoms with Crippen molar-refractivity contribution in [2.45, 2.75) is 39.1 Å². The standard InChI is InChI=1S/C31H29F3N4O5/c1-2-38-27(25(16-36-38)28(33)34)22-13-23(15-24(32)14-22)29(39)35-17-26(30(40)42-18-20-9-5-3-6-10-20)37-31(41)43-19-21-11-7-4-8-12-21/h3-16,26,28H,2,17-19H2,1H3,(H,35,39)(H,37,41)/t26-/m1/s1. The molecule has 0 unspecified atom stereocenters. The van der Waals surface area contributed by atoms with Crippen molar-refractivity contribution in [2.24, 2.45) is 0 Å². The van der Waals surface area contributed by atoms with Crippen LogP contribution in [0.15, 0.2) is 85.1 Å². The summed E-state index contributed by atoms with van der Waals surface area (Å²) in [5, 5.41) is 8.79. The number of nitrogens with zero attached hydrogens (tertiary/aromatic N) is 2. The second-order valence-electron chi connectivity index (χ2n) is 9.36. The number of ether oxygens (including phenoxy) is 2. The third-order valence-electron chi connectivity index (χ3n) is 6.32. The molecule has 4 aromatic rings. The van der Waals surface area contributed by atoms with Gasteiger partial charge in [0.1, 0.15) is 25.1 Å². The number of hydrogen-bond donors (Lipinski definition) is 2. The van der Waals surface area contributed by atoms with E-state index in [9.17, 15) is 27.6 Å². The van der Waals surface area contributed by atoms with Crippen molar-refractivity contribution < 1.29 is 37.0 Å². The number of amides is 2. The van der Waals surface area contributed by atoms with Gasteiger partial charge in [-0.25, -0.2) is 22.8 Å². The van der Waals surface area contributed by atoms with Crippen LogP contribution in [0, 0.1) is 5.82 Å². The first kappa shape index (κ1) is 30.8. The molecule has 0 radical (unpaired) electrons. The molecule has 0 aliphatic heterocycles. The second-order valence-corrected chi connectivity index (χ2v) is 9.36. The van der Waals surface area contributed by atoms with E-state index in [1.165, 1.54) is 10.7 Å². The summed E-state index contributed by atoms with van der Waals surface area (Å²) in [7, 11) is 0. The van der Waals surface area contributed by atoms with Gasteiger partial charge in [-0.2, -0.15) is 5.10 Å². The van der Waals surface area contributed by atoms with E-state index in [1.54, 1.807) is 61.5 Å². The highest BCUT2D eigenvalue weighted by Gasteiger charge is 2.25. The van der Waals surface area contributed by atoms with Crippen LogP contribution in [0.5, 0.6) is 0 Å². The number of alkyl carbamates (subject to hydrolysis) is 1. The van der Waals surface area contributed by atoms with E-state index < -0.39 is 48.4 Å². The maximum atomic E-state index is 14.6. The second kappa shape index (κ2) is 14.7. The Labute approximate surface area is 245 Å². The number of carbonyl (C=O) groups is 3. The Morgan fingerprint density at radius 2 is 1.53 bits per heavy atom. The summed E-state index contributed by atoms with van der Waals surface area (Å²) in [4.78, 5) is 38.5. The Balaban J connectivity index is 1.48. The molecule has 0 bridgehead atoms. The zero-order chi connectivity index (χ0) is 30.8. The van der Waals surface area contributed by atoms with Gasteiger partial charge in [0, 0.05) is 24.2 Å². The van der Waals surface area contributed by atoms with E-state index in [1.807, 2.05) is 6.07 Å². The molecule has 0 saturated carbocycles. The van der Waals surface area contributed by atoms with Crippen molar-refractivity contribution in [3.8, 4) is 11.3 Å². The lowest BCUT2D eigenvalue weighted by atomic mass is 10.0. The summed E-state index contributed by atoms with van der Waals surface area (Å²) < 4.78 is 53.6. The van der Waals surface area contributed by atoms with E-state index in [0.29, 0.717) is 5.56 Å². The predicted molar refractivity (Wildman–Crippen MR) is 150 cm³/mol. The minimum Gasteiger partial charge on any atom is -0.459 e. The number of aryl methyl sites for hydroxylation is 1. The minimum absolute atomic E-state index is 0.0174. The molecule has 0 fully saturated rings. The zero-order valence-electron chi connectivity index (χ0n) is 23.1. The SMILES string of the molecule is CCn1ncc(C(F)F)c1-c1cc(F)cc(C(=O)NC[C@@H](NC(=O)OCc2ccccc2)C(=O)OCc2ccccc2)c1. The van der Waals surface area contributed by atoms with E-state index in [0.717, 1.165) is 23.9 Å². The van der Waals surface area contributed by atoms with Gasteiger partial charge in [-0.05, 0) is 36.2 Å². The van der Waals surface area contributed by atoms with Gasteiger partial charge >= 0.3 is 12.1 Å². The van der Waals surface area contributed by atoms with E-state index in [4.69, 9.17) is 9.47 Å². The monoisotopic (exact) mass is 594 g/mol. The molecule has 0 aliphatic carbocycles. The third kappa shape index (κ3) is 8.44. The van der Waals surface area contributed by atoms with Crippen molar-refractivity contribution in [2.75, 3.05) is 6.54 Å². The molecule has 1 heterocycles. The van der Waals surface area contributed by atoms with Crippen molar-refractivity contribution in [3.05, 3.63) is 113 Å². The van der Waals surface area contributed by atoms with Crippen LogP contribution in [0.3, 0.4) is 0 Å². The normalized spacial score (nSPS) is 11.6. The first-order valence-corrected chi connectivity index (χ1v) is 13.4. The van der Waals surface area contributed by atoms with Crippen LogP contribution in [0.25, 0.3) is 11.3 Å². The van der Waals surface area contributed by atoms with Gasteiger partial charge in [0.05, 0.1) is 17.5 Å². The molecule has 0 spiro atoms. The molecule has 43 heavy (non-hydrogen) atoms. The molecular weight excluding hydrogens is 565 g/mol. The topological polar surface area (TPSA) is 112 Å². The summed E-state index contributed by atoms with van der Waals surface area (Å²) in [5.74, 6) is -2.51. The highest BCUT2D eigenvalue weighted by atomic mass is 19.3. The molecule has 1 aromatic heterocycles. The van der Waals surface area contributed by atoms with Gasteiger partial charge in [0.15, 0.2) is 0 Å². The average Bonchev–Trinajstić information content (AvgIpc) is 3.46. The van der Waals surface area contributed by atoms with Crippen molar-refractivity contribution in [1.82, 2.24) is 20.4 Å². The lowest BCUT2D eigenvalue weighted by molar-refractivity contribution is -0.147. The van der Waals surface area contributed by atoms with Crippen LogP contribution < -0.4 is 10.6 Å². The molecule has 2 amide bonds. The van der Waals surface area contributed by atoms with Gasteiger partial charge in [-0.3, -0.25) is 9.48 Å². The molecule has 2 N–H and O–H groups in total. The predicted octanol–water partition coefficient (Wildman–Crippen LogP) is 5.41. The first-order valence-electron chi connectivity index (χ1n) is 13.4. The van der Waals surface area contributed by atoms with Crippen LogP contribution in [0.2, 0.25) is 0 Å². The molecule has 0 aliphatic rings. The Morgan fingerprint density at radius 3 is 2.14 bits per heavy atom. The minimum atomic E-state index is -2.87. The van der Waals surface area contributed by atoms with Gasteiger partial charge in [-0.15, -0.1) is 0 Å². The van der Waals surface area contributed by atoms with Crippen LogP contribution in [-0.2, 0) is 34.0 Å². The number of carbonyl (C=O) groups excluding carboxylic acids is 3. The quantitative estimate of drug-likeness (QED) is 0.212. The maximum Gasteiger partial charge on any atom is 0.408 e. The number of rotatable bonds is 12. The Kier molecular flexibility index (Phi) is 10.5. The average molecular weight is 595 g/mol. The summed E-state index contributed by atoms with van der Waals surface area (Å²) in [5.41, 5.74) is 0.834. The number of alkyl halides is 2. The Bertz CT molecular complexity index is 1550. The third-order valence-corrected chi connectivity index (χ3v) is 6.32. The molecule has 224 valence electrons. The van der Waals surface area contributed by atoms with E-state index >= 15 is 0 Å². The smallest absolute Gasteiger partial charge is 0.408 e. The maximum absolute atomic E-state index is 14.6. The van der Waals surface area contributed by atoms with Crippen LogP contribution >= 0.6 is 0 Å². The highest BCUT2D eigenvalue weighted by Crippen LogP contribution is 2.32. The molecule has 3 aromatic carbocycles. The van der Waals surface area contributed by atoms with E-state index in [2.05, 4.69) is 15.7 Å². The van der Waals surface area contributed by atoms with Gasteiger partial charge in [0.2, 0.25) is 0 Å². The lowest BCUT2D eigenvalue weighted by Crippen LogP contribution is -2.49. The van der Waals surface area contributed by atoms with Gasteiger partial charge < -0.3 is 20.1 Å². The number of esters is 1. The van der Waals surface area contributed by atoms with Crippen molar-refractivity contribution in [1.29, 1.82) is 0 Å². The first-order chi connectivity index (χ1) is 20.7. The van der Waals surface area contributed by atoms with Crippen LogP contribution in [-0.4, -0.2) is 40.3 Å². The Hall–Kier alpha value is -5.13. The fourth-order valence-electron chi connectivity index (χ4n) is 4.20. The number of benzene rings is 3. The van der Waals surface area contributed by atoms with Crippen LogP contribution in [0.1, 0.15) is 40.4 Å². The van der Waals surface area contributed by atoms with Crippen molar-refractivity contribution in [3.63, 3.8) is 0 Å². The van der Waals surface area contributed by atoms with Crippen molar-refractivity contribution >= 4 is 18.0 Å². The fourth-order valence-corrected chi connectivity index (χ4v) is 4.20. The molecule has 1 atom stereocenters. The summed E-state index contributed by atoms with van der Waals surface area (Å²) >= 11 is 0. The van der Waals surface area contributed by atoms with Gasteiger partial charge in [0.25, 0.3) is 12.3 Å². The zero-order valence-corrected chi connectivity index (χ0v) is 23.1. The molecule has 9 nitrogen and oxygen atoms in total. The number of aromatic nitrogens is 2. The molecular formula is C31H29F3N4O5. The summed E-state index contributed by atoms with van der Waals surface area (Å²) in [6.07, 6.45) is -2.80. The number of halogens is 3.